The van der Waals surface area contributed by atoms with Gasteiger partial charge in [0.25, 0.3) is 0 Å². The van der Waals surface area contributed by atoms with E-state index in [0.717, 1.165) is 58.2 Å². The van der Waals surface area contributed by atoms with E-state index in [1.807, 2.05) is 0 Å². The third-order valence-corrected chi connectivity index (χ3v) is 7.98. The summed E-state index contributed by atoms with van der Waals surface area (Å²) in [5.74, 6) is 0. The molecule has 0 spiro atoms. The molecule has 3 rings (SSSR count). The molecule has 0 aliphatic carbocycles. The molecule has 0 saturated carbocycles. The van der Waals surface area contributed by atoms with Crippen LogP contribution in [0.1, 0.15) is 38.5 Å². The SMILES string of the molecule is O=[C]([C@H]1CCCN1)[Al]([C](=O)[C@H]1CCCN1)[C](=O)[C@H]1CCCN1. The Balaban J connectivity index is 1.78. The zero-order valence-corrected chi connectivity index (χ0v) is 14.1. The van der Waals surface area contributed by atoms with E-state index in [-0.39, 0.29) is 32.1 Å². The summed E-state index contributed by atoms with van der Waals surface area (Å²) in [5, 5.41) is 9.50. The topological polar surface area (TPSA) is 87.3 Å². The highest BCUT2D eigenvalue weighted by Gasteiger charge is 2.51. The summed E-state index contributed by atoms with van der Waals surface area (Å²) in [4.78, 5) is 38.5. The molecule has 3 fully saturated rings. The third-order valence-electron chi connectivity index (χ3n) is 5.06. The summed E-state index contributed by atoms with van der Waals surface area (Å²) in [5.41, 5.74) is 0. The van der Waals surface area contributed by atoms with Crippen LogP contribution in [0, 0.1) is 0 Å². The fourth-order valence-corrected chi connectivity index (χ4v) is 6.71. The Hall–Kier alpha value is -0.578. The second-order valence-corrected chi connectivity index (χ2v) is 9.16. The highest BCUT2D eigenvalue weighted by molar-refractivity contribution is 7.28. The number of hydrogen-bond acceptors (Lipinski definition) is 6. The van der Waals surface area contributed by atoms with E-state index in [1.54, 1.807) is 0 Å². The van der Waals surface area contributed by atoms with Crippen LogP contribution in [0.5, 0.6) is 0 Å². The molecule has 3 heterocycles. The van der Waals surface area contributed by atoms with Crippen LogP contribution in [-0.4, -0.2) is 65.8 Å². The molecule has 3 aliphatic heterocycles. The number of rotatable bonds is 6. The molecule has 6 nitrogen and oxygen atoms in total. The van der Waals surface area contributed by atoms with E-state index >= 15 is 0 Å². The molecular weight excluding hydrogens is 297 g/mol. The quantitative estimate of drug-likeness (QED) is 0.548. The molecule has 0 aromatic rings. The van der Waals surface area contributed by atoms with E-state index < -0.39 is 14.1 Å². The zero-order chi connectivity index (χ0) is 15.5. The van der Waals surface area contributed by atoms with Gasteiger partial charge in [-0.25, -0.2) is 0 Å². The van der Waals surface area contributed by atoms with Crippen LogP contribution in [0.2, 0.25) is 0 Å². The summed E-state index contributed by atoms with van der Waals surface area (Å²) in [7, 11) is 0. The van der Waals surface area contributed by atoms with Crippen molar-refractivity contribution in [2.45, 2.75) is 56.7 Å². The molecule has 3 aliphatic rings. The van der Waals surface area contributed by atoms with Crippen LogP contribution < -0.4 is 16.0 Å². The normalized spacial score (nSPS) is 31.4. The van der Waals surface area contributed by atoms with E-state index in [0.29, 0.717) is 0 Å². The largest absolute Gasteiger partial charge is 0.556 e. The van der Waals surface area contributed by atoms with Crippen molar-refractivity contribution >= 4 is 28.1 Å². The molecule has 0 aromatic heterocycles. The number of hydrogen-bond donors (Lipinski definition) is 3. The van der Waals surface area contributed by atoms with Gasteiger partial charge in [0.15, 0.2) is 0 Å². The summed E-state index contributed by atoms with van der Waals surface area (Å²) >= 11 is -2.78. The first kappa shape index (κ1) is 16.3. The Morgan fingerprint density at radius 3 is 1.18 bits per heavy atom. The van der Waals surface area contributed by atoms with Crippen LogP contribution >= 0.6 is 0 Å². The van der Waals surface area contributed by atoms with E-state index in [2.05, 4.69) is 16.0 Å². The highest BCUT2D eigenvalue weighted by Crippen LogP contribution is 2.16. The van der Waals surface area contributed by atoms with Gasteiger partial charge in [-0.15, -0.1) is 0 Å². The maximum Gasteiger partial charge on any atom is 0.556 e. The maximum atomic E-state index is 12.8. The van der Waals surface area contributed by atoms with Crippen molar-refractivity contribution in [1.82, 2.24) is 16.0 Å². The summed E-state index contributed by atoms with van der Waals surface area (Å²) < 4.78 is -0.222. The minimum atomic E-state index is -2.78. The lowest BCUT2D eigenvalue weighted by atomic mass is 10.2. The molecule has 7 heteroatoms. The molecular formula is C15H24AlN3O3. The first-order valence-corrected chi connectivity index (χ1v) is 10.2. The lowest BCUT2D eigenvalue weighted by Gasteiger charge is -2.20. The van der Waals surface area contributed by atoms with Crippen molar-refractivity contribution in [3.8, 4) is 0 Å². The van der Waals surface area contributed by atoms with Gasteiger partial charge in [0.1, 0.15) is 0 Å². The average molecular weight is 321 g/mol. The smallest absolute Gasteiger partial charge is 0.318 e. The lowest BCUT2D eigenvalue weighted by molar-refractivity contribution is -0.120. The van der Waals surface area contributed by atoms with Crippen molar-refractivity contribution < 1.29 is 14.4 Å². The number of carbonyl (C=O) groups excluding carboxylic acids is 3. The van der Waals surface area contributed by atoms with Crippen LogP contribution in [0.4, 0.5) is 0 Å². The molecule has 0 aromatic carbocycles. The molecule has 0 bridgehead atoms. The molecule has 3 atom stereocenters. The summed E-state index contributed by atoms with van der Waals surface area (Å²) in [6.45, 7) is 2.43. The number of nitrogens with one attached hydrogen (secondary N) is 3. The molecule has 3 saturated heterocycles. The second kappa shape index (κ2) is 7.33. The van der Waals surface area contributed by atoms with Gasteiger partial charge in [0.05, 0.1) is 13.9 Å². The minimum absolute atomic E-state index is 0.0742. The highest BCUT2D eigenvalue weighted by atomic mass is 27.2. The van der Waals surface area contributed by atoms with Gasteiger partial charge in [0.2, 0.25) is 0 Å². The van der Waals surface area contributed by atoms with Crippen LogP contribution in [-0.2, 0) is 14.4 Å². The Morgan fingerprint density at radius 1 is 0.636 bits per heavy atom. The molecule has 0 unspecified atom stereocenters. The van der Waals surface area contributed by atoms with E-state index in [4.69, 9.17) is 0 Å². The maximum absolute atomic E-state index is 12.8. The molecule has 3 N–H and O–H groups in total. The van der Waals surface area contributed by atoms with Crippen molar-refractivity contribution in [1.29, 1.82) is 0 Å². The van der Waals surface area contributed by atoms with Gasteiger partial charge in [-0.3, -0.25) is 0 Å². The van der Waals surface area contributed by atoms with Crippen molar-refractivity contribution in [2.75, 3.05) is 19.6 Å². The monoisotopic (exact) mass is 321 g/mol. The van der Waals surface area contributed by atoms with Crippen LogP contribution in [0.3, 0.4) is 0 Å². The molecule has 0 radical (unpaired) electrons. The Bertz CT molecular complexity index is 386. The van der Waals surface area contributed by atoms with Crippen LogP contribution in [0.25, 0.3) is 0 Å². The predicted molar refractivity (Wildman–Crippen MR) is 83.8 cm³/mol. The van der Waals surface area contributed by atoms with Gasteiger partial charge in [-0.2, -0.15) is 0 Å². The van der Waals surface area contributed by atoms with Gasteiger partial charge in [-0.05, 0) is 58.2 Å². The van der Waals surface area contributed by atoms with E-state index in [1.165, 1.54) is 0 Å². The Kier molecular flexibility index (Phi) is 5.43. The predicted octanol–water partition coefficient (Wildman–Crippen LogP) is -0.938. The average Bonchev–Trinajstić information content (AvgIpc) is 3.29. The lowest BCUT2D eigenvalue weighted by Crippen LogP contribution is -2.59. The first-order chi connectivity index (χ1) is 10.7. The molecule has 120 valence electrons. The van der Waals surface area contributed by atoms with Crippen molar-refractivity contribution in [2.24, 2.45) is 0 Å². The van der Waals surface area contributed by atoms with Gasteiger partial charge in [0, 0.05) is 18.1 Å². The van der Waals surface area contributed by atoms with Crippen molar-refractivity contribution in [3.05, 3.63) is 0 Å². The van der Waals surface area contributed by atoms with Crippen LogP contribution in [0.15, 0.2) is 0 Å². The molecule has 22 heavy (non-hydrogen) atoms. The van der Waals surface area contributed by atoms with Gasteiger partial charge >= 0.3 is 14.1 Å². The van der Waals surface area contributed by atoms with Crippen molar-refractivity contribution in [3.63, 3.8) is 0 Å². The standard InChI is InChI=1S/3C5H8NO.Al/c3*7-4-5-2-1-3-6-5;/h3*5-6H,1-3H2;/t3*5-;/m111./s1. The first-order valence-electron chi connectivity index (χ1n) is 8.50. The second-order valence-electron chi connectivity index (χ2n) is 6.59. The Morgan fingerprint density at radius 2 is 0.955 bits per heavy atom. The third kappa shape index (κ3) is 3.34. The Labute approximate surface area is 135 Å². The summed E-state index contributed by atoms with van der Waals surface area (Å²) in [6, 6.07) is -0.813. The fraction of sp³-hybridized carbons (Fsp3) is 0.800. The molecule has 0 amide bonds. The number of carbonyl (C=O) groups is 3. The van der Waals surface area contributed by atoms with E-state index in [9.17, 15) is 14.4 Å². The minimum Gasteiger partial charge on any atom is -0.318 e. The van der Waals surface area contributed by atoms with Gasteiger partial charge < -0.3 is 30.3 Å². The van der Waals surface area contributed by atoms with Gasteiger partial charge in [-0.1, -0.05) is 0 Å². The zero-order valence-electron chi connectivity index (χ0n) is 12.9. The fourth-order valence-electron chi connectivity index (χ4n) is 3.81. The summed E-state index contributed by atoms with van der Waals surface area (Å²) in [6.07, 6.45) is 5.13.